The summed E-state index contributed by atoms with van der Waals surface area (Å²) in [6, 6.07) is 5.95. The van der Waals surface area contributed by atoms with E-state index >= 15 is 0 Å². The highest BCUT2D eigenvalue weighted by Gasteiger charge is 2.19. The van der Waals surface area contributed by atoms with Crippen LogP contribution in [0.5, 0.6) is 5.75 Å². The lowest BCUT2D eigenvalue weighted by atomic mass is 10.1. The van der Waals surface area contributed by atoms with E-state index in [0.29, 0.717) is 0 Å². The summed E-state index contributed by atoms with van der Waals surface area (Å²) < 4.78 is 5.97. The van der Waals surface area contributed by atoms with E-state index in [1.165, 1.54) is 5.56 Å². The average Bonchev–Trinajstić information content (AvgIpc) is 2.06. The van der Waals surface area contributed by atoms with Gasteiger partial charge < -0.3 is 10.2 Å². The van der Waals surface area contributed by atoms with E-state index < -0.39 is 8.32 Å². The fourth-order valence-electron chi connectivity index (χ4n) is 1.31. The van der Waals surface area contributed by atoms with Crippen LogP contribution in [0.1, 0.15) is 12.5 Å². The van der Waals surface area contributed by atoms with E-state index in [-0.39, 0.29) is 0 Å². The van der Waals surface area contributed by atoms with Gasteiger partial charge >= 0.3 is 0 Å². The number of nitrogen functional groups attached to an aromatic ring is 1. The van der Waals surface area contributed by atoms with Crippen LogP contribution in [0, 0.1) is 0 Å². The quantitative estimate of drug-likeness (QED) is 0.613. The van der Waals surface area contributed by atoms with Crippen LogP contribution in [-0.2, 0) is 6.42 Å². The van der Waals surface area contributed by atoms with Gasteiger partial charge in [0.1, 0.15) is 5.75 Å². The Hall–Kier alpha value is -0.963. The Kier molecular flexibility index (Phi) is 3.21. The summed E-state index contributed by atoms with van der Waals surface area (Å²) in [4.78, 5) is 0. The molecular formula is C11H19NOSi. The molecule has 0 heterocycles. The van der Waals surface area contributed by atoms with E-state index in [1.807, 2.05) is 12.1 Å². The lowest BCUT2D eigenvalue weighted by Crippen LogP contribution is -2.30. The van der Waals surface area contributed by atoms with Gasteiger partial charge in [-0.1, -0.05) is 19.1 Å². The molecule has 0 amide bonds. The number of benzene rings is 1. The summed E-state index contributed by atoms with van der Waals surface area (Å²) >= 11 is 0. The molecule has 0 fully saturated rings. The van der Waals surface area contributed by atoms with Crippen LogP contribution in [0.2, 0.25) is 19.6 Å². The summed E-state index contributed by atoms with van der Waals surface area (Å²) in [6.07, 6.45) is 0.963. The first-order valence-electron chi connectivity index (χ1n) is 5.00. The predicted octanol–water partition coefficient (Wildman–Crippen LogP) is 3.04. The maximum absolute atomic E-state index is 5.97. The molecular weight excluding hydrogens is 190 g/mol. The second-order valence-electron chi connectivity index (χ2n) is 4.40. The monoisotopic (exact) mass is 209 g/mol. The number of nitrogens with two attached hydrogens (primary N) is 1. The van der Waals surface area contributed by atoms with Crippen molar-refractivity contribution in [3.05, 3.63) is 23.8 Å². The molecule has 0 spiro atoms. The molecule has 0 unspecified atom stereocenters. The van der Waals surface area contributed by atoms with Crippen molar-refractivity contribution in [2.75, 3.05) is 5.73 Å². The molecule has 1 rings (SSSR count). The van der Waals surface area contributed by atoms with Crippen LogP contribution in [-0.4, -0.2) is 8.32 Å². The van der Waals surface area contributed by atoms with Crippen molar-refractivity contribution in [2.24, 2.45) is 0 Å². The Morgan fingerprint density at radius 2 is 1.93 bits per heavy atom. The second kappa shape index (κ2) is 4.05. The Morgan fingerprint density at radius 1 is 1.29 bits per heavy atom. The smallest absolute Gasteiger partial charge is 0.242 e. The van der Waals surface area contributed by atoms with Crippen molar-refractivity contribution in [1.29, 1.82) is 0 Å². The van der Waals surface area contributed by atoms with Crippen molar-refractivity contribution in [1.82, 2.24) is 0 Å². The normalized spacial score (nSPS) is 11.4. The summed E-state index contributed by atoms with van der Waals surface area (Å²) in [7, 11) is -1.56. The van der Waals surface area contributed by atoms with Crippen LogP contribution in [0.15, 0.2) is 18.2 Å². The summed E-state index contributed by atoms with van der Waals surface area (Å²) in [5, 5.41) is 0. The Labute approximate surface area is 87.2 Å². The molecule has 0 saturated heterocycles. The Balaban J connectivity index is 3.05. The summed E-state index contributed by atoms with van der Waals surface area (Å²) in [5.74, 6) is 0.897. The SMILES string of the molecule is CCc1cccc(N)c1O[Si](C)(C)C. The van der Waals surface area contributed by atoms with E-state index in [2.05, 4.69) is 32.6 Å². The zero-order chi connectivity index (χ0) is 10.8. The largest absolute Gasteiger partial charge is 0.543 e. The summed E-state index contributed by atoms with van der Waals surface area (Å²) in [6.45, 7) is 8.61. The lowest BCUT2D eigenvalue weighted by Gasteiger charge is -2.22. The molecule has 1 aromatic carbocycles. The molecule has 0 atom stereocenters. The molecule has 2 N–H and O–H groups in total. The Morgan fingerprint density at radius 3 is 2.43 bits per heavy atom. The van der Waals surface area contributed by atoms with Crippen molar-refractivity contribution in [3.8, 4) is 5.75 Å². The van der Waals surface area contributed by atoms with E-state index in [1.54, 1.807) is 0 Å². The maximum Gasteiger partial charge on any atom is 0.242 e. The molecule has 1 aromatic rings. The topological polar surface area (TPSA) is 35.2 Å². The third kappa shape index (κ3) is 2.77. The number of hydrogen-bond acceptors (Lipinski definition) is 2. The second-order valence-corrected chi connectivity index (χ2v) is 8.83. The van der Waals surface area contributed by atoms with E-state index in [0.717, 1.165) is 17.9 Å². The highest BCUT2D eigenvalue weighted by molar-refractivity contribution is 6.70. The van der Waals surface area contributed by atoms with Crippen molar-refractivity contribution in [3.63, 3.8) is 0 Å². The first-order valence-corrected chi connectivity index (χ1v) is 8.41. The van der Waals surface area contributed by atoms with Crippen LogP contribution in [0.25, 0.3) is 0 Å². The first-order chi connectivity index (χ1) is 6.44. The van der Waals surface area contributed by atoms with Crippen LogP contribution in [0.3, 0.4) is 0 Å². The fourth-order valence-corrected chi connectivity index (χ4v) is 2.18. The number of anilines is 1. The molecule has 0 saturated carbocycles. The van der Waals surface area contributed by atoms with Crippen LogP contribution >= 0.6 is 0 Å². The van der Waals surface area contributed by atoms with Crippen LogP contribution in [0.4, 0.5) is 5.69 Å². The van der Waals surface area contributed by atoms with Gasteiger partial charge in [-0.2, -0.15) is 0 Å². The van der Waals surface area contributed by atoms with Crippen LogP contribution < -0.4 is 10.2 Å². The average molecular weight is 209 g/mol. The van der Waals surface area contributed by atoms with Gasteiger partial charge in [0.15, 0.2) is 0 Å². The number of para-hydroxylation sites is 1. The number of hydrogen-bond donors (Lipinski definition) is 1. The van der Waals surface area contributed by atoms with E-state index in [9.17, 15) is 0 Å². The van der Waals surface area contributed by atoms with Gasteiger partial charge in [-0.15, -0.1) is 0 Å². The third-order valence-electron chi connectivity index (χ3n) is 1.92. The molecule has 0 bridgehead atoms. The highest BCUT2D eigenvalue weighted by atomic mass is 28.4. The zero-order valence-electron chi connectivity index (χ0n) is 9.42. The molecule has 0 aliphatic carbocycles. The fraction of sp³-hybridized carbons (Fsp3) is 0.455. The van der Waals surface area contributed by atoms with Gasteiger partial charge in [0, 0.05) is 0 Å². The van der Waals surface area contributed by atoms with Gasteiger partial charge in [0.25, 0.3) is 0 Å². The van der Waals surface area contributed by atoms with Gasteiger partial charge in [-0.25, -0.2) is 0 Å². The minimum absolute atomic E-state index is 0.756. The van der Waals surface area contributed by atoms with Gasteiger partial charge in [0.2, 0.25) is 8.32 Å². The van der Waals surface area contributed by atoms with Crippen molar-refractivity contribution >= 4 is 14.0 Å². The van der Waals surface area contributed by atoms with Gasteiger partial charge in [-0.05, 0) is 37.7 Å². The highest BCUT2D eigenvalue weighted by Crippen LogP contribution is 2.29. The molecule has 0 aliphatic rings. The van der Waals surface area contributed by atoms with Gasteiger partial charge in [0.05, 0.1) is 5.69 Å². The molecule has 0 aliphatic heterocycles. The van der Waals surface area contributed by atoms with Crippen molar-refractivity contribution in [2.45, 2.75) is 33.0 Å². The van der Waals surface area contributed by atoms with E-state index in [4.69, 9.17) is 10.2 Å². The minimum Gasteiger partial charge on any atom is -0.543 e. The third-order valence-corrected chi connectivity index (χ3v) is 2.73. The standard InChI is InChI=1S/C11H19NOSi/c1-5-9-7-6-8-10(12)11(9)13-14(2,3)4/h6-8H,5,12H2,1-4H3. The summed E-state index contributed by atoms with van der Waals surface area (Å²) in [5.41, 5.74) is 7.86. The number of rotatable bonds is 3. The molecule has 0 aromatic heterocycles. The Bertz CT molecular complexity index is 318. The first kappa shape index (κ1) is 11.1. The maximum atomic E-state index is 5.97. The molecule has 78 valence electrons. The minimum atomic E-state index is -1.56. The molecule has 2 nitrogen and oxygen atoms in total. The predicted molar refractivity (Wildman–Crippen MR) is 64.2 cm³/mol. The molecule has 3 heteroatoms. The lowest BCUT2D eigenvalue weighted by molar-refractivity contribution is 0.553. The zero-order valence-corrected chi connectivity index (χ0v) is 10.4. The number of aryl methyl sites for hydroxylation is 1. The van der Waals surface area contributed by atoms with Gasteiger partial charge in [-0.3, -0.25) is 0 Å². The molecule has 0 radical (unpaired) electrons. The van der Waals surface area contributed by atoms with Crippen molar-refractivity contribution < 1.29 is 4.43 Å². The molecule has 14 heavy (non-hydrogen) atoms.